The molecule has 0 aliphatic rings. The third-order valence-electron chi connectivity index (χ3n) is 3.39. The van der Waals surface area contributed by atoms with Crippen LogP contribution in [0.3, 0.4) is 0 Å². The van der Waals surface area contributed by atoms with Gasteiger partial charge in [0.15, 0.2) is 0 Å². The molecule has 0 spiro atoms. The van der Waals surface area contributed by atoms with Gasteiger partial charge in [0.05, 0.1) is 5.54 Å². The largest absolute Gasteiger partial charge is 0.318 e. The highest BCUT2D eigenvalue weighted by molar-refractivity contribution is 6.31. The third-order valence-corrected chi connectivity index (χ3v) is 3.80. The Bertz CT molecular complexity index is 573. The first-order valence-corrected chi connectivity index (χ1v) is 6.42. The molecule has 0 saturated carbocycles. The molecule has 0 heterocycles. The van der Waals surface area contributed by atoms with Gasteiger partial charge in [0.1, 0.15) is 0 Å². The number of nitrogens with two attached hydrogens (primary N) is 1. The minimum Gasteiger partial charge on any atom is -0.318 e. The lowest BCUT2D eigenvalue weighted by Gasteiger charge is -2.27. The van der Waals surface area contributed by atoms with Gasteiger partial charge in [0.2, 0.25) is 0 Å². The number of hydrogen-bond acceptors (Lipinski definition) is 1. The van der Waals surface area contributed by atoms with Crippen molar-refractivity contribution in [3.63, 3.8) is 0 Å². The van der Waals surface area contributed by atoms with E-state index >= 15 is 0 Å². The predicted molar refractivity (Wildman–Crippen MR) is 78.0 cm³/mol. The Labute approximate surface area is 114 Å². The van der Waals surface area contributed by atoms with E-state index in [2.05, 4.69) is 25.1 Å². The van der Waals surface area contributed by atoms with Gasteiger partial charge in [-0.05, 0) is 43.5 Å². The van der Waals surface area contributed by atoms with Crippen molar-refractivity contribution in [1.82, 2.24) is 0 Å². The van der Waals surface area contributed by atoms with Crippen molar-refractivity contribution in [3.05, 3.63) is 69.7 Å². The standard InChI is InChI=1S/C16H18ClN/c1-11-5-4-6-13(9-11)16(3,18)14-8-7-12(2)15(17)10-14/h4-10H,18H2,1-3H3. The summed E-state index contributed by atoms with van der Waals surface area (Å²) in [5, 5.41) is 0.761. The molecule has 2 rings (SSSR count). The Kier molecular flexibility index (Phi) is 3.47. The summed E-state index contributed by atoms with van der Waals surface area (Å²) in [4.78, 5) is 0. The topological polar surface area (TPSA) is 26.0 Å². The molecule has 0 bridgehead atoms. The molecule has 0 saturated heterocycles. The summed E-state index contributed by atoms with van der Waals surface area (Å²) < 4.78 is 0. The van der Waals surface area contributed by atoms with Crippen molar-refractivity contribution < 1.29 is 0 Å². The van der Waals surface area contributed by atoms with Crippen LogP contribution in [-0.4, -0.2) is 0 Å². The fourth-order valence-electron chi connectivity index (χ4n) is 2.05. The first kappa shape index (κ1) is 13.1. The summed E-state index contributed by atoms with van der Waals surface area (Å²) in [6.07, 6.45) is 0. The summed E-state index contributed by atoms with van der Waals surface area (Å²) in [5.74, 6) is 0. The van der Waals surface area contributed by atoms with Crippen molar-refractivity contribution in [3.8, 4) is 0 Å². The molecule has 2 aromatic rings. The summed E-state index contributed by atoms with van der Waals surface area (Å²) in [6, 6.07) is 14.3. The van der Waals surface area contributed by atoms with E-state index in [1.54, 1.807) is 0 Å². The van der Waals surface area contributed by atoms with Crippen LogP contribution in [0.4, 0.5) is 0 Å². The highest BCUT2D eigenvalue weighted by Gasteiger charge is 2.24. The highest BCUT2D eigenvalue weighted by atomic mass is 35.5. The minimum atomic E-state index is -0.524. The number of hydrogen-bond donors (Lipinski definition) is 1. The second-order valence-corrected chi connectivity index (χ2v) is 5.44. The molecule has 0 amide bonds. The first-order chi connectivity index (χ1) is 8.41. The van der Waals surface area contributed by atoms with E-state index in [-0.39, 0.29) is 0 Å². The molecule has 2 heteroatoms. The molecule has 94 valence electrons. The van der Waals surface area contributed by atoms with Crippen LogP contribution >= 0.6 is 11.6 Å². The lowest BCUT2D eigenvalue weighted by atomic mass is 9.85. The minimum absolute atomic E-state index is 0.524. The molecule has 0 aromatic heterocycles. The molecule has 0 radical (unpaired) electrons. The van der Waals surface area contributed by atoms with Crippen LogP contribution in [0, 0.1) is 13.8 Å². The molecular weight excluding hydrogens is 242 g/mol. The van der Waals surface area contributed by atoms with Gasteiger partial charge in [0, 0.05) is 5.02 Å². The van der Waals surface area contributed by atoms with Crippen molar-refractivity contribution in [2.24, 2.45) is 5.73 Å². The summed E-state index contributed by atoms with van der Waals surface area (Å²) in [6.45, 7) is 6.08. The average Bonchev–Trinajstić information content (AvgIpc) is 2.32. The van der Waals surface area contributed by atoms with Gasteiger partial charge in [-0.2, -0.15) is 0 Å². The summed E-state index contributed by atoms with van der Waals surface area (Å²) >= 11 is 6.18. The molecule has 0 aliphatic heterocycles. The molecule has 0 aliphatic carbocycles. The van der Waals surface area contributed by atoms with Gasteiger partial charge in [-0.15, -0.1) is 0 Å². The maximum atomic E-state index is 6.49. The molecule has 1 nitrogen and oxygen atoms in total. The van der Waals surface area contributed by atoms with Crippen LogP contribution in [0.15, 0.2) is 42.5 Å². The number of benzene rings is 2. The third kappa shape index (κ3) is 2.43. The quantitative estimate of drug-likeness (QED) is 0.860. The second kappa shape index (κ2) is 4.75. The highest BCUT2D eigenvalue weighted by Crippen LogP contribution is 2.29. The van der Waals surface area contributed by atoms with E-state index in [0.29, 0.717) is 0 Å². The monoisotopic (exact) mass is 259 g/mol. The van der Waals surface area contributed by atoms with Crippen molar-refractivity contribution in [2.75, 3.05) is 0 Å². The average molecular weight is 260 g/mol. The number of halogens is 1. The van der Waals surface area contributed by atoms with Gasteiger partial charge >= 0.3 is 0 Å². The Morgan fingerprint density at radius 1 is 1.00 bits per heavy atom. The maximum Gasteiger partial charge on any atom is 0.0637 e. The SMILES string of the molecule is Cc1cccc(C(C)(N)c2ccc(C)c(Cl)c2)c1. The molecule has 0 fully saturated rings. The fourth-order valence-corrected chi connectivity index (χ4v) is 2.23. The van der Waals surface area contributed by atoms with Crippen LogP contribution in [0.5, 0.6) is 0 Å². The van der Waals surface area contributed by atoms with Crippen LogP contribution in [0.2, 0.25) is 5.02 Å². The van der Waals surface area contributed by atoms with E-state index in [0.717, 1.165) is 21.7 Å². The Balaban J connectivity index is 2.50. The second-order valence-electron chi connectivity index (χ2n) is 5.04. The lowest BCUT2D eigenvalue weighted by Crippen LogP contribution is -2.34. The zero-order chi connectivity index (χ0) is 13.3. The zero-order valence-electron chi connectivity index (χ0n) is 11.0. The first-order valence-electron chi connectivity index (χ1n) is 6.04. The smallest absolute Gasteiger partial charge is 0.0637 e. The summed E-state index contributed by atoms with van der Waals surface area (Å²) in [7, 11) is 0. The van der Waals surface area contributed by atoms with Crippen molar-refractivity contribution >= 4 is 11.6 Å². The van der Waals surface area contributed by atoms with E-state index in [1.807, 2.05) is 38.1 Å². The number of rotatable bonds is 2. The Morgan fingerprint density at radius 3 is 2.28 bits per heavy atom. The van der Waals surface area contributed by atoms with E-state index in [1.165, 1.54) is 5.56 Å². The van der Waals surface area contributed by atoms with Crippen LogP contribution in [0.25, 0.3) is 0 Å². The van der Waals surface area contributed by atoms with Crippen LogP contribution < -0.4 is 5.73 Å². The lowest BCUT2D eigenvalue weighted by molar-refractivity contribution is 0.602. The van der Waals surface area contributed by atoms with Gasteiger partial charge in [-0.25, -0.2) is 0 Å². The van der Waals surface area contributed by atoms with E-state index < -0.39 is 5.54 Å². The predicted octanol–water partition coefficient (Wildman–Crippen LogP) is 4.18. The Hall–Kier alpha value is -1.31. The van der Waals surface area contributed by atoms with Crippen molar-refractivity contribution in [2.45, 2.75) is 26.3 Å². The molecule has 2 N–H and O–H groups in total. The Morgan fingerprint density at radius 2 is 1.67 bits per heavy atom. The fraction of sp³-hybridized carbons (Fsp3) is 0.250. The van der Waals surface area contributed by atoms with Crippen molar-refractivity contribution in [1.29, 1.82) is 0 Å². The molecule has 18 heavy (non-hydrogen) atoms. The van der Waals surface area contributed by atoms with E-state index in [4.69, 9.17) is 17.3 Å². The number of aryl methyl sites for hydroxylation is 2. The van der Waals surface area contributed by atoms with Gasteiger partial charge < -0.3 is 5.73 Å². The normalized spacial score (nSPS) is 14.3. The molecule has 1 atom stereocenters. The van der Waals surface area contributed by atoms with Gasteiger partial charge in [-0.3, -0.25) is 0 Å². The molecule has 2 aromatic carbocycles. The van der Waals surface area contributed by atoms with Crippen LogP contribution in [-0.2, 0) is 5.54 Å². The molecule has 1 unspecified atom stereocenters. The maximum absolute atomic E-state index is 6.49. The molecular formula is C16H18ClN. The summed E-state index contributed by atoms with van der Waals surface area (Å²) in [5.41, 5.74) is 10.4. The van der Waals surface area contributed by atoms with Gasteiger partial charge in [-0.1, -0.05) is 53.6 Å². The zero-order valence-corrected chi connectivity index (χ0v) is 11.8. The van der Waals surface area contributed by atoms with Crippen LogP contribution in [0.1, 0.15) is 29.2 Å². The van der Waals surface area contributed by atoms with E-state index in [9.17, 15) is 0 Å². The van der Waals surface area contributed by atoms with Gasteiger partial charge in [0.25, 0.3) is 0 Å².